The van der Waals surface area contributed by atoms with Gasteiger partial charge in [0.05, 0.1) is 18.6 Å². The fourth-order valence-electron chi connectivity index (χ4n) is 6.37. The van der Waals surface area contributed by atoms with Crippen molar-refractivity contribution in [1.29, 1.82) is 0 Å². The van der Waals surface area contributed by atoms with Crippen LogP contribution in [0.2, 0.25) is 5.02 Å². The molecule has 9 heteroatoms. The molecule has 4 aliphatic rings. The molecule has 8 nitrogen and oxygen atoms in total. The maximum atomic E-state index is 14.4. The number of nitrogens with zero attached hydrogens (tertiary/aromatic N) is 2. The first-order valence-corrected chi connectivity index (χ1v) is 12.8. The van der Waals surface area contributed by atoms with E-state index in [1.165, 1.54) is 4.90 Å². The summed E-state index contributed by atoms with van der Waals surface area (Å²) in [5.41, 5.74) is -1.84. The van der Waals surface area contributed by atoms with Crippen molar-refractivity contribution >= 4 is 35.1 Å². The van der Waals surface area contributed by atoms with Gasteiger partial charge in [-0.2, -0.15) is 0 Å². The molecule has 2 fully saturated rings. The van der Waals surface area contributed by atoms with Gasteiger partial charge in [-0.15, -0.1) is 0 Å². The van der Waals surface area contributed by atoms with Gasteiger partial charge in [0.2, 0.25) is 5.91 Å². The molecule has 0 aromatic heterocycles. The number of carbonyl (C=O) groups is 3. The van der Waals surface area contributed by atoms with Crippen LogP contribution in [-0.2, 0) is 23.9 Å². The van der Waals surface area contributed by atoms with Crippen LogP contribution in [0.15, 0.2) is 48.6 Å². The molecular formula is C27H31ClN2O6. The number of likely N-dealkylation sites (tertiary alicyclic amines) is 1. The average Bonchev–Trinajstić information content (AvgIpc) is 3.12. The van der Waals surface area contributed by atoms with Gasteiger partial charge < -0.3 is 24.4 Å². The largest absolute Gasteiger partial charge is 0.461 e. The summed E-state index contributed by atoms with van der Waals surface area (Å²) in [6, 6.07) is 5.21. The molecular weight excluding hydrogens is 484 g/mol. The lowest BCUT2D eigenvalue weighted by Crippen LogP contribution is -2.60. The molecule has 2 saturated heterocycles. The molecule has 0 aliphatic carbocycles. The Morgan fingerprint density at radius 2 is 1.81 bits per heavy atom. The number of fused-ring (bicyclic) bond motifs is 2. The minimum atomic E-state index is -1.39. The minimum absolute atomic E-state index is 0.103. The molecule has 1 spiro atoms. The topological polar surface area (TPSA) is 96.4 Å². The molecule has 1 N–H and O–H groups in total. The Balaban J connectivity index is 1.70. The second-order valence-electron chi connectivity index (χ2n) is 10.2. The van der Waals surface area contributed by atoms with Crippen LogP contribution < -0.4 is 4.90 Å². The molecule has 4 heterocycles. The number of esters is 1. The third-order valence-corrected chi connectivity index (χ3v) is 8.34. The monoisotopic (exact) mass is 514 g/mol. The summed E-state index contributed by atoms with van der Waals surface area (Å²) in [5.74, 6) is -3.24. The zero-order valence-corrected chi connectivity index (χ0v) is 21.4. The number of rotatable bonds is 5. The minimum Gasteiger partial charge on any atom is -0.461 e. The number of halogens is 1. The summed E-state index contributed by atoms with van der Waals surface area (Å²) in [7, 11) is 0. The summed E-state index contributed by atoms with van der Waals surface area (Å²) in [6.07, 6.45) is 7.59. The molecule has 2 amide bonds. The maximum absolute atomic E-state index is 14.4. The molecule has 0 radical (unpaired) electrons. The molecule has 1 aromatic carbocycles. The van der Waals surface area contributed by atoms with E-state index in [2.05, 4.69) is 0 Å². The summed E-state index contributed by atoms with van der Waals surface area (Å²) in [4.78, 5) is 45.0. The smallest absolute Gasteiger partial charge is 0.313 e. The second-order valence-corrected chi connectivity index (χ2v) is 10.7. The third kappa shape index (κ3) is 3.45. The Morgan fingerprint density at radius 3 is 2.44 bits per heavy atom. The first kappa shape index (κ1) is 25.0. The van der Waals surface area contributed by atoms with E-state index in [1.807, 2.05) is 32.9 Å². The van der Waals surface area contributed by atoms with Crippen molar-refractivity contribution in [2.75, 3.05) is 24.7 Å². The van der Waals surface area contributed by atoms with E-state index in [-0.39, 0.29) is 37.5 Å². The van der Waals surface area contributed by atoms with E-state index in [4.69, 9.17) is 21.1 Å². The van der Waals surface area contributed by atoms with Gasteiger partial charge in [0, 0.05) is 17.3 Å². The number of aliphatic hydroxyl groups excluding tert-OH is 1. The summed E-state index contributed by atoms with van der Waals surface area (Å²) < 4.78 is 12.3. The highest BCUT2D eigenvalue weighted by Crippen LogP contribution is 2.59. The van der Waals surface area contributed by atoms with Crippen LogP contribution in [0.4, 0.5) is 5.69 Å². The molecule has 192 valence electrons. The summed E-state index contributed by atoms with van der Waals surface area (Å²) in [6.45, 7) is 5.72. The molecule has 6 atom stereocenters. The number of aliphatic hydroxyl groups is 1. The zero-order chi connectivity index (χ0) is 25.8. The van der Waals surface area contributed by atoms with Crippen LogP contribution in [0.5, 0.6) is 0 Å². The quantitative estimate of drug-likeness (QED) is 0.479. The van der Waals surface area contributed by atoms with Gasteiger partial charge in [0.25, 0.3) is 5.91 Å². The van der Waals surface area contributed by atoms with Crippen molar-refractivity contribution in [3.63, 3.8) is 0 Å². The third-order valence-electron chi connectivity index (χ3n) is 8.09. The number of hydrogen-bond donors (Lipinski definition) is 1. The van der Waals surface area contributed by atoms with Crippen LogP contribution in [0, 0.1) is 17.8 Å². The van der Waals surface area contributed by atoms with Crippen molar-refractivity contribution < 1.29 is 29.0 Å². The highest BCUT2D eigenvalue weighted by atomic mass is 35.5. The molecule has 36 heavy (non-hydrogen) atoms. The van der Waals surface area contributed by atoms with E-state index < -0.39 is 41.1 Å². The summed E-state index contributed by atoms with van der Waals surface area (Å²) >= 11 is 6.08. The van der Waals surface area contributed by atoms with Crippen molar-refractivity contribution in [3.05, 3.63) is 53.6 Å². The van der Waals surface area contributed by atoms with Gasteiger partial charge in [0.15, 0.2) is 0 Å². The summed E-state index contributed by atoms with van der Waals surface area (Å²) in [5, 5.41) is 10.9. The molecule has 1 unspecified atom stereocenters. The second kappa shape index (κ2) is 9.01. The number of ether oxygens (including phenoxy) is 2. The first-order valence-electron chi connectivity index (χ1n) is 12.4. The average molecular weight is 515 g/mol. The van der Waals surface area contributed by atoms with Gasteiger partial charge >= 0.3 is 5.97 Å². The van der Waals surface area contributed by atoms with Crippen LogP contribution in [0.25, 0.3) is 0 Å². The molecule has 5 rings (SSSR count). The Hall–Kier alpha value is -2.68. The molecule has 4 aliphatic heterocycles. The SMILES string of the molecule is CC[C@]12C=CCOC(=O)[C@H]1[C@H]1C(=O)N([C@@H](CO)C(C)C)C3C(=O)N(c4ccc(Cl)cc4)CC=C[C@@]31O2. The van der Waals surface area contributed by atoms with Crippen molar-refractivity contribution in [2.24, 2.45) is 17.8 Å². The van der Waals surface area contributed by atoms with Crippen molar-refractivity contribution in [2.45, 2.75) is 50.5 Å². The highest BCUT2D eigenvalue weighted by molar-refractivity contribution is 6.30. The van der Waals surface area contributed by atoms with Gasteiger partial charge in [-0.1, -0.05) is 50.6 Å². The lowest BCUT2D eigenvalue weighted by Gasteiger charge is -2.41. The predicted molar refractivity (Wildman–Crippen MR) is 133 cm³/mol. The first-order chi connectivity index (χ1) is 17.2. The lowest BCUT2D eigenvalue weighted by atomic mass is 9.73. The normalized spacial score (nSPS) is 34.3. The van der Waals surface area contributed by atoms with Crippen molar-refractivity contribution in [3.8, 4) is 0 Å². The van der Waals surface area contributed by atoms with Gasteiger partial charge in [-0.05, 0) is 42.7 Å². The van der Waals surface area contributed by atoms with E-state index in [1.54, 1.807) is 41.3 Å². The zero-order valence-electron chi connectivity index (χ0n) is 20.6. The van der Waals surface area contributed by atoms with Crippen LogP contribution in [0.3, 0.4) is 0 Å². The van der Waals surface area contributed by atoms with Crippen LogP contribution in [0.1, 0.15) is 27.2 Å². The molecule has 1 aromatic rings. The highest BCUT2D eigenvalue weighted by Gasteiger charge is 2.76. The number of amides is 2. The predicted octanol–water partition coefficient (Wildman–Crippen LogP) is 2.73. The van der Waals surface area contributed by atoms with E-state index in [0.717, 1.165) is 0 Å². The molecule has 0 bridgehead atoms. The van der Waals surface area contributed by atoms with E-state index in [9.17, 15) is 19.5 Å². The fraction of sp³-hybridized carbons (Fsp3) is 0.519. The maximum Gasteiger partial charge on any atom is 0.313 e. The number of benzene rings is 1. The fourth-order valence-corrected chi connectivity index (χ4v) is 6.49. The van der Waals surface area contributed by atoms with Crippen molar-refractivity contribution in [1.82, 2.24) is 4.90 Å². The molecule has 0 saturated carbocycles. The van der Waals surface area contributed by atoms with E-state index >= 15 is 0 Å². The van der Waals surface area contributed by atoms with Gasteiger partial charge in [-0.3, -0.25) is 14.4 Å². The van der Waals surface area contributed by atoms with E-state index in [0.29, 0.717) is 17.1 Å². The number of carbonyl (C=O) groups excluding carboxylic acids is 3. The van der Waals surface area contributed by atoms with Crippen LogP contribution >= 0.6 is 11.6 Å². The Kier molecular flexibility index (Phi) is 6.25. The number of cyclic esters (lactones) is 1. The Morgan fingerprint density at radius 1 is 1.08 bits per heavy atom. The Bertz CT molecular complexity index is 1130. The number of hydrogen-bond acceptors (Lipinski definition) is 6. The standard InChI is InChI=1S/C27H31ClN2O6/c1-4-26-11-6-14-35-25(34)21(26)20-23(32)30(19(15-31)16(2)3)22-24(33)29(13-5-12-27(20,22)36-26)18-9-7-17(28)8-10-18/h5-12,16,19-22,31H,4,13-15H2,1-3H3/t19-,20-,21+,22?,26-,27-/m0/s1. The lowest BCUT2D eigenvalue weighted by molar-refractivity contribution is -0.159. The van der Waals surface area contributed by atoms with Crippen LogP contribution in [-0.4, -0.2) is 70.8 Å². The van der Waals surface area contributed by atoms with Gasteiger partial charge in [-0.25, -0.2) is 0 Å². The van der Waals surface area contributed by atoms with Gasteiger partial charge in [0.1, 0.15) is 29.8 Å². The Labute approximate surface area is 215 Å². The number of anilines is 1.